The number of aliphatic carboxylic acids is 1. The summed E-state index contributed by atoms with van der Waals surface area (Å²) in [6, 6.07) is 4.14. The van der Waals surface area contributed by atoms with Gasteiger partial charge in [0, 0.05) is 17.0 Å². The molecule has 0 saturated heterocycles. The van der Waals surface area contributed by atoms with Gasteiger partial charge >= 0.3 is 5.97 Å². The van der Waals surface area contributed by atoms with Crippen LogP contribution < -0.4 is 4.74 Å². The van der Waals surface area contributed by atoms with Gasteiger partial charge < -0.3 is 9.84 Å². The number of carboxylic acid groups (broad SMARTS) is 1. The molecule has 0 saturated carbocycles. The Morgan fingerprint density at radius 3 is 2.81 bits per heavy atom. The molecule has 1 heterocycles. The summed E-state index contributed by atoms with van der Waals surface area (Å²) in [6.45, 7) is -0.198. The standard InChI is InChI=1S/C19H17ClF2N2O3/c20-14-6-5-13(15(21)8-14)10-27-19-16(22)9-23-18(24-19)12-3-1-11(2-4-12)7-17(25)26/h3,5-6,8-9,11H,1-2,4,7,10H2,(H,25,26). The van der Waals surface area contributed by atoms with Crippen molar-refractivity contribution >= 4 is 23.1 Å². The second kappa shape index (κ2) is 8.43. The van der Waals surface area contributed by atoms with E-state index in [1.165, 1.54) is 12.1 Å². The highest BCUT2D eigenvalue weighted by Crippen LogP contribution is 2.31. The Kier molecular flexibility index (Phi) is 6.01. The number of allylic oxidation sites excluding steroid dienone is 2. The van der Waals surface area contributed by atoms with Crippen LogP contribution in [0.4, 0.5) is 8.78 Å². The lowest BCUT2D eigenvalue weighted by Crippen LogP contribution is -2.12. The molecule has 1 unspecified atom stereocenters. The van der Waals surface area contributed by atoms with E-state index in [9.17, 15) is 13.6 Å². The van der Waals surface area contributed by atoms with Crippen molar-refractivity contribution in [2.75, 3.05) is 0 Å². The summed E-state index contributed by atoms with van der Waals surface area (Å²) >= 11 is 5.70. The van der Waals surface area contributed by atoms with Crippen molar-refractivity contribution in [3.05, 3.63) is 58.5 Å². The van der Waals surface area contributed by atoms with Gasteiger partial charge in [0.05, 0.1) is 6.20 Å². The molecule has 1 atom stereocenters. The summed E-state index contributed by atoms with van der Waals surface area (Å²) in [5.41, 5.74) is 1.05. The predicted molar refractivity (Wildman–Crippen MR) is 95.3 cm³/mol. The summed E-state index contributed by atoms with van der Waals surface area (Å²) < 4.78 is 33.1. The Labute approximate surface area is 159 Å². The average molecular weight is 395 g/mol. The summed E-state index contributed by atoms with van der Waals surface area (Å²) in [5.74, 6) is -1.96. The molecule has 3 rings (SSSR count). The van der Waals surface area contributed by atoms with E-state index in [1.807, 2.05) is 6.08 Å². The van der Waals surface area contributed by atoms with E-state index < -0.39 is 17.6 Å². The molecule has 1 aromatic heterocycles. The largest absolute Gasteiger partial charge is 0.481 e. The lowest BCUT2D eigenvalue weighted by atomic mass is 9.87. The second-order valence-electron chi connectivity index (χ2n) is 6.34. The zero-order valence-electron chi connectivity index (χ0n) is 14.3. The van der Waals surface area contributed by atoms with Gasteiger partial charge in [-0.05, 0) is 42.9 Å². The van der Waals surface area contributed by atoms with Crippen LogP contribution >= 0.6 is 11.6 Å². The van der Waals surface area contributed by atoms with Gasteiger partial charge in [-0.3, -0.25) is 4.79 Å². The Morgan fingerprint density at radius 1 is 1.33 bits per heavy atom. The van der Waals surface area contributed by atoms with Crippen LogP contribution in [0.3, 0.4) is 0 Å². The molecule has 1 aromatic carbocycles. The SMILES string of the molecule is O=C(O)CC1CC=C(c2ncc(F)c(OCc3ccc(Cl)cc3F)n2)CC1. The summed E-state index contributed by atoms with van der Waals surface area (Å²) in [6.07, 6.45) is 4.93. The molecule has 0 spiro atoms. The molecule has 142 valence electrons. The van der Waals surface area contributed by atoms with E-state index >= 15 is 0 Å². The molecule has 0 aliphatic heterocycles. The van der Waals surface area contributed by atoms with Crippen molar-refractivity contribution in [2.45, 2.75) is 32.3 Å². The monoisotopic (exact) mass is 394 g/mol. The smallest absolute Gasteiger partial charge is 0.303 e. The molecule has 27 heavy (non-hydrogen) atoms. The van der Waals surface area contributed by atoms with Crippen LogP contribution in [0.25, 0.3) is 5.57 Å². The molecule has 1 aliphatic rings. The first-order valence-electron chi connectivity index (χ1n) is 8.43. The summed E-state index contributed by atoms with van der Waals surface area (Å²) in [5, 5.41) is 9.13. The second-order valence-corrected chi connectivity index (χ2v) is 6.78. The minimum absolute atomic E-state index is 0.0790. The quantitative estimate of drug-likeness (QED) is 0.772. The number of hydrogen-bond acceptors (Lipinski definition) is 4. The maximum atomic E-state index is 14.0. The van der Waals surface area contributed by atoms with E-state index in [0.717, 1.165) is 17.8 Å². The maximum absolute atomic E-state index is 14.0. The highest BCUT2D eigenvalue weighted by molar-refractivity contribution is 6.30. The zero-order chi connectivity index (χ0) is 19.4. The van der Waals surface area contributed by atoms with Crippen molar-refractivity contribution in [1.82, 2.24) is 9.97 Å². The van der Waals surface area contributed by atoms with Crippen LogP contribution in [0.2, 0.25) is 5.02 Å². The third-order valence-corrected chi connectivity index (χ3v) is 4.60. The first kappa shape index (κ1) is 19.2. The van der Waals surface area contributed by atoms with Gasteiger partial charge in [0.1, 0.15) is 12.4 Å². The van der Waals surface area contributed by atoms with Crippen LogP contribution in [0.1, 0.15) is 37.1 Å². The Hall–Kier alpha value is -2.54. The molecule has 2 aromatic rings. The number of carbonyl (C=O) groups is 1. The van der Waals surface area contributed by atoms with Gasteiger partial charge in [0.25, 0.3) is 5.88 Å². The number of aromatic nitrogens is 2. The van der Waals surface area contributed by atoms with E-state index in [4.69, 9.17) is 21.4 Å². The minimum Gasteiger partial charge on any atom is -0.481 e. The number of carboxylic acids is 1. The maximum Gasteiger partial charge on any atom is 0.303 e. The van der Waals surface area contributed by atoms with Crippen molar-refractivity contribution < 1.29 is 23.4 Å². The fraction of sp³-hybridized carbons (Fsp3) is 0.316. The molecule has 0 amide bonds. The predicted octanol–water partition coefficient (Wildman–Crippen LogP) is 4.65. The first-order valence-corrected chi connectivity index (χ1v) is 8.80. The molecule has 5 nitrogen and oxygen atoms in total. The number of hydrogen-bond donors (Lipinski definition) is 1. The highest BCUT2D eigenvalue weighted by atomic mass is 35.5. The molecule has 0 bridgehead atoms. The fourth-order valence-electron chi connectivity index (χ4n) is 2.92. The molecule has 8 heteroatoms. The molecule has 1 N–H and O–H groups in total. The average Bonchev–Trinajstić information content (AvgIpc) is 2.62. The van der Waals surface area contributed by atoms with E-state index in [1.54, 1.807) is 0 Å². The molecular weight excluding hydrogens is 378 g/mol. The van der Waals surface area contributed by atoms with Crippen LogP contribution in [0, 0.1) is 17.6 Å². The third-order valence-electron chi connectivity index (χ3n) is 4.36. The van der Waals surface area contributed by atoms with Gasteiger partial charge in [-0.1, -0.05) is 23.7 Å². The van der Waals surface area contributed by atoms with Crippen LogP contribution in [-0.4, -0.2) is 21.0 Å². The van der Waals surface area contributed by atoms with Gasteiger partial charge in [-0.15, -0.1) is 0 Å². The fourth-order valence-corrected chi connectivity index (χ4v) is 3.07. The van der Waals surface area contributed by atoms with Crippen LogP contribution in [0.5, 0.6) is 5.88 Å². The van der Waals surface area contributed by atoms with Crippen LogP contribution in [-0.2, 0) is 11.4 Å². The van der Waals surface area contributed by atoms with Crippen molar-refractivity contribution in [3.8, 4) is 5.88 Å². The number of ether oxygens (including phenoxy) is 1. The van der Waals surface area contributed by atoms with E-state index in [2.05, 4.69) is 9.97 Å². The summed E-state index contributed by atoms with van der Waals surface area (Å²) in [4.78, 5) is 18.9. The molecule has 1 aliphatic carbocycles. The van der Waals surface area contributed by atoms with Gasteiger partial charge in [0.15, 0.2) is 5.82 Å². The molecule has 0 radical (unpaired) electrons. The van der Waals surface area contributed by atoms with Crippen LogP contribution in [0.15, 0.2) is 30.5 Å². The Morgan fingerprint density at radius 2 is 2.15 bits per heavy atom. The minimum atomic E-state index is -0.819. The number of benzene rings is 1. The number of rotatable bonds is 6. The van der Waals surface area contributed by atoms with Crippen molar-refractivity contribution in [3.63, 3.8) is 0 Å². The number of nitrogens with zero attached hydrogens (tertiary/aromatic N) is 2. The van der Waals surface area contributed by atoms with Crippen molar-refractivity contribution in [1.29, 1.82) is 0 Å². The van der Waals surface area contributed by atoms with E-state index in [-0.39, 0.29) is 35.4 Å². The van der Waals surface area contributed by atoms with Gasteiger partial charge in [0.2, 0.25) is 5.82 Å². The third kappa shape index (κ3) is 5.01. The molecule has 0 fully saturated rings. The Bertz CT molecular complexity index is 889. The number of halogens is 3. The van der Waals surface area contributed by atoms with Gasteiger partial charge in [-0.2, -0.15) is 9.37 Å². The topological polar surface area (TPSA) is 72.3 Å². The highest BCUT2D eigenvalue weighted by Gasteiger charge is 2.20. The lowest BCUT2D eigenvalue weighted by molar-refractivity contribution is -0.138. The van der Waals surface area contributed by atoms with E-state index in [0.29, 0.717) is 25.1 Å². The summed E-state index contributed by atoms with van der Waals surface area (Å²) in [7, 11) is 0. The normalized spacial score (nSPS) is 16.7. The van der Waals surface area contributed by atoms with Gasteiger partial charge in [-0.25, -0.2) is 9.37 Å². The zero-order valence-corrected chi connectivity index (χ0v) is 15.0. The van der Waals surface area contributed by atoms with Crippen molar-refractivity contribution in [2.24, 2.45) is 5.92 Å². The lowest BCUT2D eigenvalue weighted by Gasteiger charge is -2.19. The Balaban J connectivity index is 1.71. The molecular formula is C19H17ClF2N2O3. The first-order chi connectivity index (χ1) is 12.9.